The lowest BCUT2D eigenvalue weighted by atomic mass is 9.89. The molecule has 0 spiro atoms. The maximum Gasteiger partial charge on any atom is 0.0746 e. The van der Waals surface area contributed by atoms with Crippen LogP contribution in [-0.2, 0) is 0 Å². The van der Waals surface area contributed by atoms with Crippen LogP contribution in [0.25, 0.3) is 0 Å². The first-order valence-corrected chi connectivity index (χ1v) is 6.50. The van der Waals surface area contributed by atoms with Gasteiger partial charge in [-0.2, -0.15) is 0 Å². The van der Waals surface area contributed by atoms with Gasteiger partial charge >= 0.3 is 0 Å². The summed E-state index contributed by atoms with van der Waals surface area (Å²) in [5.74, 6) is 0. The van der Waals surface area contributed by atoms with Crippen molar-refractivity contribution in [1.82, 2.24) is 10.2 Å². The number of aliphatic hydroxyl groups is 1. The molecule has 1 unspecified atom stereocenters. The molecule has 0 radical (unpaired) electrons. The zero-order valence-corrected chi connectivity index (χ0v) is 11.3. The average Bonchev–Trinajstić information content (AvgIpc) is 2.12. The molecule has 1 rings (SSSR count). The van der Waals surface area contributed by atoms with E-state index in [0.29, 0.717) is 0 Å². The van der Waals surface area contributed by atoms with Crippen LogP contribution in [0.3, 0.4) is 0 Å². The molecule has 0 aromatic carbocycles. The first kappa shape index (κ1) is 13.9. The quantitative estimate of drug-likeness (QED) is 0.748. The van der Waals surface area contributed by atoms with Gasteiger partial charge in [-0.3, -0.25) is 4.90 Å². The Bertz CT molecular complexity index is 214. The maximum absolute atomic E-state index is 10.1. The van der Waals surface area contributed by atoms with E-state index in [-0.39, 0.29) is 5.41 Å². The number of piperidine rings is 1. The molecule has 0 aromatic heterocycles. The second-order valence-electron chi connectivity index (χ2n) is 6.26. The number of nitrogens with zero attached hydrogens (tertiary/aromatic N) is 1. The smallest absolute Gasteiger partial charge is 0.0746 e. The molecule has 1 atom stereocenters. The monoisotopic (exact) mass is 228 g/mol. The first-order chi connectivity index (χ1) is 7.35. The van der Waals surface area contributed by atoms with Crippen LogP contribution in [0.2, 0.25) is 0 Å². The van der Waals surface area contributed by atoms with E-state index in [1.54, 1.807) is 0 Å². The van der Waals surface area contributed by atoms with E-state index in [0.717, 1.165) is 45.6 Å². The van der Waals surface area contributed by atoms with Crippen LogP contribution < -0.4 is 5.32 Å². The van der Waals surface area contributed by atoms with Crippen molar-refractivity contribution in [3.63, 3.8) is 0 Å². The molecule has 3 nitrogen and oxygen atoms in total. The Morgan fingerprint density at radius 2 is 2.12 bits per heavy atom. The van der Waals surface area contributed by atoms with Gasteiger partial charge in [-0.15, -0.1) is 0 Å². The molecule has 1 heterocycles. The van der Waals surface area contributed by atoms with Crippen molar-refractivity contribution in [3.8, 4) is 0 Å². The largest absolute Gasteiger partial charge is 0.389 e. The Labute approximate surface area is 100 Å². The van der Waals surface area contributed by atoms with Gasteiger partial charge in [0.1, 0.15) is 0 Å². The summed E-state index contributed by atoms with van der Waals surface area (Å²) in [5, 5.41) is 13.5. The van der Waals surface area contributed by atoms with Crippen LogP contribution in [-0.4, -0.2) is 48.3 Å². The van der Waals surface area contributed by atoms with Gasteiger partial charge in [-0.25, -0.2) is 0 Å². The third-order valence-electron chi connectivity index (χ3n) is 3.26. The van der Waals surface area contributed by atoms with Crippen LogP contribution >= 0.6 is 0 Å². The molecule has 16 heavy (non-hydrogen) atoms. The van der Waals surface area contributed by atoms with Crippen LogP contribution in [0, 0.1) is 5.41 Å². The molecule has 2 N–H and O–H groups in total. The number of rotatable bonds is 5. The van der Waals surface area contributed by atoms with Crippen molar-refractivity contribution < 1.29 is 5.11 Å². The first-order valence-electron chi connectivity index (χ1n) is 6.50. The highest BCUT2D eigenvalue weighted by Crippen LogP contribution is 2.24. The highest BCUT2D eigenvalue weighted by atomic mass is 16.3. The maximum atomic E-state index is 10.1. The Kier molecular flexibility index (Phi) is 4.77. The third kappa shape index (κ3) is 4.81. The van der Waals surface area contributed by atoms with Gasteiger partial charge < -0.3 is 10.4 Å². The standard InChI is InChI=1S/C13H28N2O/c1-5-14-9-12(2,3)10-15-8-6-7-13(4,16)11-15/h14,16H,5-11H2,1-4H3. The fourth-order valence-corrected chi connectivity index (χ4v) is 2.58. The summed E-state index contributed by atoms with van der Waals surface area (Å²) in [6, 6.07) is 0. The predicted octanol–water partition coefficient (Wildman–Crippen LogP) is 1.47. The normalized spacial score (nSPS) is 28.3. The zero-order chi connectivity index (χ0) is 12.2. The van der Waals surface area contributed by atoms with E-state index in [2.05, 4.69) is 31.0 Å². The third-order valence-corrected chi connectivity index (χ3v) is 3.26. The number of likely N-dealkylation sites (tertiary alicyclic amines) is 1. The van der Waals surface area contributed by atoms with Crippen molar-refractivity contribution in [2.45, 2.75) is 46.1 Å². The summed E-state index contributed by atoms with van der Waals surface area (Å²) in [6.07, 6.45) is 2.06. The van der Waals surface area contributed by atoms with Crippen molar-refractivity contribution in [2.24, 2.45) is 5.41 Å². The molecule has 3 heteroatoms. The fraction of sp³-hybridized carbons (Fsp3) is 1.00. The lowest BCUT2D eigenvalue weighted by Gasteiger charge is -2.40. The second kappa shape index (κ2) is 5.48. The summed E-state index contributed by atoms with van der Waals surface area (Å²) < 4.78 is 0. The Morgan fingerprint density at radius 1 is 1.44 bits per heavy atom. The fourth-order valence-electron chi connectivity index (χ4n) is 2.58. The highest BCUT2D eigenvalue weighted by molar-refractivity contribution is 4.86. The van der Waals surface area contributed by atoms with Gasteiger partial charge in [0.15, 0.2) is 0 Å². The Morgan fingerprint density at radius 3 is 2.69 bits per heavy atom. The van der Waals surface area contributed by atoms with Crippen molar-refractivity contribution >= 4 is 0 Å². The summed E-state index contributed by atoms with van der Waals surface area (Å²) in [5.41, 5.74) is -0.198. The highest BCUT2D eigenvalue weighted by Gasteiger charge is 2.31. The van der Waals surface area contributed by atoms with Crippen LogP contribution in [0.15, 0.2) is 0 Å². The number of nitrogens with one attached hydrogen (secondary N) is 1. The molecule has 96 valence electrons. The van der Waals surface area contributed by atoms with Gasteiger partial charge in [0.2, 0.25) is 0 Å². The van der Waals surface area contributed by atoms with E-state index in [9.17, 15) is 5.11 Å². The van der Waals surface area contributed by atoms with Gasteiger partial charge in [0, 0.05) is 19.6 Å². The number of β-amino-alcohol motifs (C(OH)–C–C–N with tert-alkyl or cyclic N) is 1. The Balaban J connectivity index is 2.40. The lowest BCUT2D eigenvalue weighted by Crippen LogP contribution is -2.50. The lowest BCUT2D eigenvalue weighted by molar-refractivity contribution is -0.0253. The molecular formula is C13H28N2O. The van der Waals surface area contributed by atoms with Crippen LogP contribution in [0.1, 0.15) is 40.5 Å². The van der Waals surface area contributed by atoms with E-state index >= 15 is 0 Å². The summed E-state index contributed by atoms with van der Waals surface area (Å²) >= 11 is 0. The minimum Gasteiger partial charge on any atom is -0.389 e. The molecule has 0 aliphatic carbocycles. The van der Waals surface area contributed by atoms with E-state index < -0.39 is 5.60 Å². The molecule has 1 aliphatic rings. The van der Waals surface area contributed by atoms with E-state index in [1.165, 1.54) is 0 Å². The average molecular weight is 228 g/mol. The van der Waals surface area contributed by atoms with E-state index in [1.807, 2.05) is 6.92 Å². The van der Waals surface area contributed by atoms with Crippen molar-refractivity contribution in [2.75, 3.05) is 32.7 Å². The predicted molar refractivity (Wildman–Crippen MR) is 68.6 cm³/mol. The molecule has 1 fully saturated rings. The summed E-state index contributed by atoms with van der Waals surface area (Å²) in [7, 11) is 0. The summed E-state index contributed by atoms with van der Waals surface area (Å²) in [6.45, 7) is 13.8. The molecule has 0 saturated carbocycles. The van der Waals surface area contributed by atoms with Gasteiger partial charge in [-0.1, -0.05) is 20.8 Å². The molecule has 0 bridgehead atoms. The SMILES string of the molecule is CCNCC(C)(C)CN1CCCC(C)(O)C1. The van der Waals surface area contributed by atoms with Crippen molar-refractivity contribution in [1.29, 1.82) is 0 Å². The van der Waals surface area contributed by atoms with Crippen LogP contribution in [0.5, 0.6) is 0 Å². The van der Waals surface area contributed by atoms with Gasteiger partial charge in [0.25, 0.3) is 0 Å². The minimum absolute atomic E-state index is 0.281. The number of hydrogen-bond acceptors (Lipinski definition) is 3. The molecule has 1 aliphatic heterocycles. The zero-order valence-electron chi connectivity index (χ0n) is 11.3. The molecule has 0 aromatic rings. The van der Waals surface area contributed by atoms with Crippen molar-refractivity contribution in [3.05, 3.63) is 0 Å². The molecular weight excluding hydrogens is 200 g/mol. The minimum atomic E-state index is -0.480. The summed E-state index contributed by atoms with van der Waals surface area (Å²) in [4.78, 5) is 2.40. The van der Waals surface area contributed by atoms with Gasteiger partial charge in [-0.05, 0) is 38.3 Å². The molecule has 0 amide bonds. The topological polar surface area (TPSA) is 35.5 Å². The van der Waals surface area contributed by atoms with E-state index in [4.69, 9.17) is 0 Å². The number of hydrogen-bond donors (Lipinski definition) is 2. The Hall–Kier alpha value is -0.120. The second-order valence-corrected chi connectivity index (χ2v) is 6.26. The van der Waals surface area contributed by atoms with Crippen LogP contribution in [0.4, 0.5) is 0 Å². The van der Waals surface area contributed by atoms with Gasteiger partial charge in [0.05, 0.1) is 5.60 Å². The molecule has 1 saturated heterocycles.